The second-order valence-corrected chi connectivity index (χ2v) is 9.49. The summed E-state index contributed by atoms with van der Waals surface area (Å²) in [7, 11) is 0. The van der Waals surface area contributed by atoms with Crippen LogP contribution >= 0.6 is 11.3 Å². The molecule has 0 unspecified atom stereocenters. The number of hydrogen-bond donors (Lipinski definition) is 3. The number of aryl methyl sites for hydroxylation is 1. The lowest BCUT2D eigenvalue weighted by Gasteiger charge is -2.23. The minimum absolute atomic E-state index is 0.0379. The van der Waals surface area contributed by atoms with E-state index >= 15 is 0 Å². The topological polar surface area (TPSA) is 95.5 Å². The molecule has 3 N–H and O–H groups in total. The summed E-state index contributed by atoms with van der Waals surface area (Å²) in [5, 5.41) is 16.1. The van der Waals surface area contributed by atoms with Crippen molar-refractivity contribution in [1.29, 1.82) is 0 Å². The van der Waals surface area contributed by atoms with Gasteiger partial charge in [0.05, 0.1) is 17.4 Å². The number of hydrogen-bond acceptors (Lipinski definition) is 4. The Hall–Kier alpha value is -2.15. The summed E-state index contributed by atoms with van der Waals surface area (Å²) < 4.78 is 0. The van der Waals surface area contributed by atoms with Crippen molar-refractivity contribution in [3.8, 4) is 0 Å². The van der Waals surface area contributed by atoms with Crippen molar-refractivity contribution in [1.82, 2.24) is 5.32 Å². The Balaban J connectivity index is 1.55. The Kier molecular flexibility index (Phi) is 5.04. The Morgan fingerprint density at radius 2 is 1.71 bits per heavy atom. The first-order valence-electron chi connectivity index (χ1n) is 9.99. The van der Waals surface area contributed by atoms with Gasteiger partial charge in [0.2, 0.25) is 5.91 Å². The van der Waals surface area contributed by atoms with Crippen molar-refractivity contribution in [3.05, 3.63) is 28.2 Å². The van der Waals surface area contributed by atoms with Gasteiger partial charge < -0.3 is 15.7 Å². The summed E-state index contributed by atoms with van der Waals surface area (Å²) in [6.45, 7) is 3.83. The Labute approximate surface area is 168 Å². The molecule has 0 aliphatic heterocycles. The van der Waals surface area contributed by atoms with E-state index in [-0.39, 0.29) is 29.7 Å². The molecule has 0 radical (unpaired) electrons. The number of carboxylic acids is 1. The molecule has 28 heavy (non-hydrogen) atoms. The van der Waals surface area contributed by atoms with Crippen LogP contribution in [0.3, 0.4) is 0 Å². The maximum Gasteiger partial charge on any atom is 0.307 e. The van der Waals surface area contributed by atoms with E-state index in [4.69, 9.17) is 0 Å². The molecule has 4 atom stereocenters. The van der Waals surface area contributed by atoms with Gasteiger partial charge in [-0.25, -0.2) is 0 Å². The maximum atomic E-state index is 13.0. The van der Waals surface area contributed by atoms with Gasteiger partial charge in [0, 0.05) is 10.9 Å². The molecule has 2 amide bonds. The summed E-state index contributed by atoms with van der Waals surface area (Å²) in [6.07, 6.45) is 8.85. The third kappa shape index (κ3) is 3.26. The first kappa shape index (κ1) is 19.2. The van der Waals surface area contributed by atoms with Crippen LogP contribution in [-0.4, -0.2) is 28.9 Å². The number of fused-ring (bicyclic) bond motifs is 2. The minimum Gasteiger partial charge on any atom is -0.481 e. The standard InChI is InChI=1S/C21H26N2O4S/c1-10-11(2)28-20(15(10)18(24)22-14-5-3-4-6-14)23-19(25)16-12-7-8-13(9-12)17(16)21(26)27/h7-8,12-14,16-17H,3-6,9H2,1-2H3,(H,22,24)(H,23,25)(H,26,27)/t12-,13+,16-,17+/m1/s1. The van der Waals surface area contributed by atoms with Gasteiger partial charge in [-0.2, -0.15) is 0 Å². The molecule has 150 valence electrons. The van der Waals surface area contributed by atoms with Crippen molar-refractivity contribution in [2.75, 3.05) is 5.32 Å². The number of rotatable bonds is 5. The van der Waals surface area contributed by atoms with Gasteiger partial charge in [0.15, 0.2) is 0 Å². The highest BCUT2D eigenvalue weighted by Crippen LogP contribution is 2.48. The van der Waals surface area contributed by atoms with E-state index in [0.29, 0.717) is 17.0 Å². The molecular weight excluding hydrogens is 376 g/mol. The zero-order valence-electron chi connectivity index (χ0n) is 16.2. The fraction of sp³-hybridized carbons (Fsp3) is 0.571. The average molecular weight is 403 g/mol. The predicted octanol–water partition coefficient (Wildman–Crippen LogP) is 3.50. The van der Waals surface area contributed by atoms with E-state index in [0.717, 1.165) is 36.1 Å². The largest absolute Gasteiger partial charge is 0.481 e. The molecule has 2 saturated carbocycles. The molecule has 1 aromatic rings. The molecule has 7 heteroatoms. The number of anilines is 1. The molecule has 1 heterocycles. The average Bonchev–Trinajstić information content (AvgIpc) is 3.40. The lowest BCUT2D eigenvalue weighted by Crippen LogP contribution is -2.37. The molecule has 3 aliphatic rings. The van der Waals surface area contributed by atoms with Gasteiger partial charge in [0.1, 0.15) is 5.00 Å². The fourth-order valence-electron chi connectivity index (χ4n) is 5.03. The van der Waals surface area contributed by atoms with E-state index in [9.17, 15) is 19.5 Å². The van der Waals surface area contributed by atoms with Crippen molar-refractivity contribution in [2.45, 2.75) is 52.0 Å². The van der Waals surface area contributed by atoms with Gasteiger partial charge in [-0.3, -0.25) is 14.4 Å². The number of nitrogens with one attached hydrogen (secondary N) is 2. The molecule has 0 saturated heterocycles. The van der Waals surface area contributed by atoms with Crippen LogP contribution in [0.25, 0.3) is 0 Å². The molecule has 3 aliphatic carbocycles. The number of carbonyl (C=O) groups excluding carboxylic acids is 2. The summed E-state index contributed by atoms with van der Waals surface area (Å²) in [5.74, 6) is -2.74. The molecule has 2 bridgehead atoms. The summed E-state index contributed by atoms with van der Waals surface area (Å²) in [4.78, 5) is 38.6. The Morgan fingerprint density at radius 3 is 2.36 bits per heavy atom. The van der Waals surface area contributed by atoms with Crippen LogP contribution in [0.1, 0.15) is 52.9 Å². The van der Waals surface area contributed by atoms with Crippen LogP contribution in [0.4, 0.5) is 5.00 Å². The Bertz CT molecular complexity index is 853. The number of aliphatic carboxylic acids is 1. The third-order valence-electron chi connectivity index (χ3n) is 6.59. The quantitative estimate of drug-likeness (QED) is 0.657. The molecule has 2 fully saturated rings. The summed E-state index contributed by atoms with van der Waals surface area (Å²) >= 11 is 1.39. The van der Waals surface area contributed by atoms with Gasteiger partial charge in [0.25, 0.3) is 5.91 Å². The van der Waals surface area contributed by atoms with Crippen LogP contribution in [0.5, 0.6) is 0 Å². The van der Waals surface area contributed by atoms with Gasteiger partial charge >= 0.3 is 5.97 Å². The fourth-order valence-corrected chi connectivity index (χ4v) is 6.09. The SMILES string of the molecule is Cc1sc(NC(=O)[C@H]2[C@@H](C(=O)O)[C@H]3C=C[C@@H]2C3)c(C(=O)NC2CCCC2)c1C. The number of thiophene rings is 1. The molecule has 1 aromatic heterocycles. The van der Waals surface area contributed by atoms with Crippen LogP contribution in [-0.2, 0) is 9.59 Å². The van der Waals surface area contributed by atoms with E-state index < -0.39 is 17.8 Å². The van der Waals surface area contributed by atoms with Gasteiger partial charge in [-0.15, -0.1) is 11.3 Å². The number of allylic oxidation sites excluding steroid dienone is 2. The third-order valence-corrected chi connectivity index (χ3v) is 7.71. The van der Waals surface area contributed by atoms with E-state index in [2.05, 4.69) is 10.6 Å². The zero-order chi connectivity index (χ0) is 20.0. The van der Waals surface area contributed by atoms with Crippen LogP contribution in [0.2, 0.25) is 0 Å². The van der Waals surface area contributed by atoms with Crippen LogP contribution in [0, 0.1) is 37.5 Å². The van der Waals surface area contributed by atoms with E-state index in [1.165, 1.54) is 11.3 Å². The highest BCUT2D eigenvalue weighted by atomic mass is 32.1. The Morgan fingerprint density at radius 1 is 1.07 bits per heavy atom. The highest BCUT2D eigenvalue weighted by molar-refractivity contribution is 7.16. The number of amides is 2. The second-order valence-electron chi connectivity index (χ2n) is 8.27. The zero-order valence-corrected chi connectivity index (χ0v) is 17.0. The lowest BCUT2D eigenvalue weighted by molar-refractivity contribution is -0.146. The summed E-state index contributed by atoms with van der Waals surface area (Å²) in [5.41, 5.74) is 1.40. The molecule has 0 aromatic carbocycles. The number of carboxylic acid groups (broad SMARTS) is 1. The van der Waals surface area contributed by atoms with Crippen LogP contribution < -0.4 is 10.6 Å². The normalized spacial score (nSPS) is 28.6. The van der Waals surface area contributed by atoms with Gasteiger partial charge in [-0.05, 0) is 50.5 Å². The first-order valence-corrected chi connectivity index (χ1v) is 10.8. The van der Waals surface area contributed by atoms with E-state index in [1.54, 1.807) is 0 Å². The number of carbonyl (C=O) groups is 3. The lowest BCUT2D eigenvalue weighted by atomic mass is 9.82. The molecular formula is C21H26N2O4S. The molecule has 6 nitrogen and oxygen atoms in total. The van der Waals surface area contributed by atoms with Gasteiger partial charge in [-0.1, -0.05) is 25.0 Å². The first-order chi connectivity index (χ1) is 13.4. The van der Waals surface area contributed by atoms with Crippen molar-refractivity contribution in [3.63, 3.8) is 0 Å². The summed E-state index contributed by atoms with van der Waals surface area (Å²) in [6, 6.07) is 0.197. The van der Waals surface area contributed by atoms with E-state index in [1.807, 2.05) is 26.0 Å². The van der Waals surface area contributed by atoms with Crippen molar-refractivity contribution >= 4 is 34.1 Å². The van der Waals surface area contributed by atoms with Crippen LogP contribution in [0.15, 0.2) is 12.2 Å². The van der Waals surface area contributed by atoms with Crippen molar-refractivity contribution in [2.24, 2.45) is 23.7 Å². The minimum atomic E-state index is -0.922. The molecule has 0 spiro atoms. The predicted molar refractivity (Wildman–Crippen MR) is 107 cm³/mol. The second kappa shape index (κ2) is 7.35. The monoisotopic (exact) mass is 402 g/mol. The maximum absolute atomic E-state index is 13.0. The molecule has 4 rings (SSSR count). The highest BCUT2D eigenvalue weighted by Gasteiger charge is 2.51. The van der Waals surface area contributed by atoms with Crippen molar-refractivity contribution < 1.29 is 19.5 Å². The smallest absolute Gasteiger partial charge is 0.307 e.